The SMILES string of the molecule is Cc1cc(C)c(S(=O)(=O)N[C@@H]2CS(=O)(=O)C[C@@H]2Cl)cc1C. The number of sulfone groups is 1. The van der Waals surface area contributed by atoms with Crippen molar-refractivity contribution in [3.05, 3.63) is 28.8 Å². The number of rotatable bonds is 3. The maximum atomic E-state index is 12.5. The van der Waals surface area contributed by atoms with E-state index in [0.29, 0.717) is 5.56 Å². The fraction of sp³-hybridized carbons (Fsp3) is 0.538. The van der Waals surface area contributed by atoms with Gasteiger partial charge in [0.05, 0.1) is 27.8 Å². The quantitative estimate of drug-likeness (QED) is 0.832. The molecule has 0 aliphatic carbocycles. The van der Waals surface area contributed by atoms with E-state index < -0.39 is 31.3 Å². The summed E-state index contributed by atoms with van der Waals surface area (Å²) in [6, 6.07) is 2.61. The summed E-state index contributed by atoms with van der Waals surface area (Å²) < 4.78 is 50.4. The molecule has 1 aromatic rings. The predicted molar refractivity (Wildman–Crippen MR) is 83.1 cm³/mol. The minimum absolute atomic E-state index is 0.166. The molecular formula is C13H18ClNO4S2. The lowest BCUT2D eigenvalue weighted by Crippen LogP contribution is -2.40. The Morgan fingerprint density at radius 3 is 2.19 bits per heavy atom. The van der Waals surface area contributed by atoms with Gasteiger partial charge < -0.3 is 0 Å². The van der Waals surface area contributed by atoms with Crippen LogP contribution in [0.4, 0.5) is 0 Å². The molecule has 2 atom stereocenters. The minimum Gasteiger partial charge on any atom is -0.229 e. The Hall–Kier alpha value is -0.630. The van der Waals surface area contributed by atoms with Crippen molar-refractivity contribution < 1.29 is 16.8 Å². The Kier molecular flexibility index (Phi) is 4.41. The van der Waals surface area contributed by atoms with Crippen molar-refractivity contribution in [3.8, 4) is 0 Å². The van der Waals surface area contributed by atoms with Gasteiger partial charge in [-0.1, -0.05) is 6.07 Å². The van der Waals surface area contributed by atoms with Crippen LogP contribution < -0.4 is 4.72 Å². The van der Waals surface area contributed by atoms with Crippen LogP contribution in [0.2, 0.25) is 0 Å². The fourth-order valence-corrected chi connectivity index (χ4v) is 6.72. The van der Waals surface area contributed by atoms with Gasteiger partial charge in [-0.2, -0.15) is 0 Å². The first kappa shape index (κ1) is 16.7. The summed E-state index contributed by atoms with van der Waals surface area (Å²) in [6.45, 7) is 5.45. The Morgan fingerprint density at radius 2 is 1.67 bits per heavy atom. The van der Waals surface area contributed by atoms with Crippen LogP contribution in [0.15, 0.2) is 17.0 Å². The molecule has 0 radical (unpaired) electrons. The molecule has 1 N–H and O–H groups in total. The molecule has 0 amide bonds. The summed E-state index contributed by atoms with van der Waals surface area (Å²) in [4.78, 5) is 0.166. The van der Waals surface area contributed by atoms with Crippen molar-refractivity contribution in [2.75, 3.05) is 11.5 Å². The van der Waals surface area contributed by atoms with Gasteiger partial charge in [-0.3, -0.25) is 0 Å². The van der Waals surface area contributed by atoms with Crippen LogP contribution in [0.3, 0.4) is 0 Å². The van der Waals surface area contributed by atoms with E-state index in [4.69, 9.17) is 11.6 Å². The summed E-state index contributed by atoms with van der Waals surface area (Å²) >= 11 is 5.95. The molecule has 5 nitrogen and oxygen atoms in total. The lowest BCUT2D eigenvalue weighted by Gasteiger charge is -2.17. The fourth-order valence-electron chi connectivity index (χ4n) is 2.40. The van der Waals surface area contributed by atoms with Gasteiger partial charge in [0.2, 0.25) is 10.0 Å². The van der Waals surface area contributed by atoms with Crippen molar-refractivity contribution >= 4 is 31.5 Å². The van der Waals surface area contributed by atoms with Crippen LogP contribution in [-0.2, 0) is 19.9 Å². The smallest absolute Gasteiger partial charge is 0.229 e. The van der Waals surface area contributed by atoms with Gasteiger partial charge in [-0.05, 0) is 43.5 Å². The summed E-state index contributed by atoms with van der Waals surface area (Å²) in [7, 11) is -7.08. The first-order valence-corrected chi connectivity index (χ1v) is 10.2. The average molecular weight is 352 g/mol. The summed E-state index contributed by atoms with van der Waals surface area (Å²) in [5, 5.41) is -0.739. The molecule has 0 aromatic heterocycles. The van der Waals surface area contributed by atoms with Crippen molar-refractivity contribution in [2.45, 2.75) is 37.1 Å². The lowest BCUT2D eigenvalue weighted by molar-refractivity contribution is 0.563. The second kappa shape index (κ2) is 5.53. The third kappa shape index (κ3) is 3.59. The summed E-state index contributed by atoms with van der Waals surface area (Å²) in [5.41, 5.74) is 2.49. The standard InChI is InChI=1S/C13H18ClNO4S2/c1-8-4-10(3)13(5-9(8)2)21(18,19)15-12-7-20(16,17)6-11(12)14/h4-5,11-12,15H,6-7H2,1-3H3/t11-,12+/m0/s1. The molecule has 21 heavy (non-hydrogen) atoms. The lowest BCUT2D eigenvalue weighted by atomic mass is 10.1. The van der Waals surface area contributed by atoms with E-state index in [1.54, 1.807) is 19.1 Å². The summed E-state index contributed by atoms with van der Waals surface area (Å²) in [5.74, 6) is -0.460. The normalized spacial score (nSPS) is 25.1. The number of sulfonamides is 1. The van der Waals surface area contributed by atoms with Gasteiger partial charge in [-0.15, -0.1) is 11.6 Å². The van der Waals surface area contributed by atoms with Crippen molar-refractivity contribution in [2.24, 2.45) is 0 Å². The molecule has 1 aliphatic heterocycles. The first-order chi connectivity index (χ1) is 9.52. The Morgan fingerprint density at radius 1 is 1.10 bits per heavy atom. The van der Waals surface area contributed by atoms with E-state index in [0.717, 1.165) is 11.1 Å². The molecule has 0 bridgehead atoms. The number of hydrogen-bond acceptors (Lipinski definition) is 4. The number of nitrogens with one attached hydrogen (secondary N) is 1. The zero-order valence-corrected chi connectivity index (χ0v) is 14.4. The van der Waals surface area contributed by atoms with E-state index >= 15 is 0 Å². The zero-order valence-electron chi connectivity index (χ0n) is 12.1. The van der Waals surface area contributed by atoms with Gasteiger partial charge in [0.1, 0.15) is 0 Å². The zero-order chi connectivity index (χ0) is 16.0. The molecular weight excluding hydrogens is 334 g/mol. The van der Waals surface area contributed by atoms with E-state index in [2.05, 4.69) is 4.72 Å². The van der Waals surface area contributed by atoms with Gasteiger partial charge >= 0.3 is 0 Å². The van der Waals surface area contributed by atoms with E-state index in [1.807, 2.05) is 13.8 Å². The van der Waals surface area contributed by atoms with Crippen molar-refractivity contribution in [1.29, 1.82) is 0 Å². The summed E-state index contributed by atoms with van der Waals surface area (Å²) in [6.07, 6.45) is 0. The Labute approximate surface area is 130 Å². The number of hydrogen-bond donors (Lipinski definition) is 1. The Balaban J connectivity index is 2.34. The molecule has 8 heteroatoms. The molecule has 1 heterocycles. The molecule has 1 fully saturated rings. The molecule has 118 valence electrons. The second-order valence-corrected chi connectivity index (χ2v) is 9.92. The van der Waals surface area contributed by atoms with E-state index in [1.165, 1.54) is 0 Å². The third-order valence-electron chi connectivity index (χ3n) is 3.67. The van der Waals surface area contributed by atoms with Crippen molar-refractivity contribution in [1.82, 2.24) is 4.72 Å². The van der Waals surface area contributed by atoms with Crippen LogP contribution in [0.1, 0.15) is 16.7 Å². The molecule has 0 spiro atoms. The van der Waals surface area contributed by atoms with Crippen LogP contribution >= 0.6 is 11.6 Å². The molecule has 1 aromatic carbocycles. The van der Waals surface area contributed by atoms with Crippen LogP contribution in [0, 0.1) is 20.8 Å². The first-order valence-electron chi connectivity index (χ1n) is 6.46. The van der Waals surface area contributed by atoms with E-state index in [-0.39, 0.29) is 16.4 Å². The average Bonchev–Trinajstić information content (AvgIpc) is 2.56. The molecule has 2 rings (SSSR count). The molecule has 0 saturated carbocycles. The largest absolute Gasteiger partial charge is 0.241 e. The highest BCUT2D eigenvalue weighted by atomic mass is 35.5. The van der Waals surface area contributed by atoms with Crippen LogP contribution in [0.5, 0.6) is 0 Å². The number of alkyl halides is 1. The van der Waals surface area contributed by atoms with Gasteiger partial charge in [0.25, 0.3) is 0 Å². The van der Waals surface area contributed by atoms with Gasteiger partial charge in [0.15, 0.2) is 9.84 Å². The molecule has 1 saturated heterocycles. The highest BCUT2D eigenvalue weighted by molar-refractivity contribution is 7.92. The molecule has 1 aliphatic rings. The third-order valence-corrected chi connectivity index (χ3v) is 7.68. The van der Waals surface area contributed by atoms with Gasteiger partial charge in [0, 0.05) is 0 Å². The van der Waals surface area contributed by atoms with Crippen molar-refractivity contribution in [3.63, 3.8) is 0 Å². The monoisotopic (exact) mass is 351 g/mol. The number of halogens is 1. The number of aryl methyl sites for hydroxylation is 3. The van der Waals surface area contributed by atoms with Crippen LogP contribution in [0.25, 0.3) is 0 Å². The molecule has 0 unspecified atom stereocenters. The van der Waals surface area contributed by atoms with Crippen LogP contribution in [-0.4, -0.2) is 39.8 Å². The Bertz CT molecular complexity index is 772. The number of benzene rings is 1. The second-order valence-electron chi connectivity index (χ2n) is 5.52. The minimum atomic E-state index is -3.80. The van der Waals surface area contributed by atoms with E-state index in [9.17, 15) is 16.8 Å². The predicted octanol–water partition coefficient (Wildman–Crippen LogP) is 1.29. The highest BCUT2D eigenvalue weighted by Crippen LogP contribution is 2.23. The topological polar surface area (TPSA) is 80.3 Å². The maximum absolute atomic E-state index is 12.5. The maximum Gasteiger partial charge on any atom is 0.241 e. The van der Waals surface area contributed by atoms with Gasteiger partial charge in [-0.25, -0.2) is 21.6 Å². The highest BCUT2D eigenvalue weighted by Gasteiger charge is 2.39.